The molecule has 0 atom stereocenters. The molecule has 0 amide bonds. The van der Waals surface area contributed by atoms with Crippen molar-refractivity contribution in [2.75, 3.05) is 0 Å². The molecule has 0 bridgehead atoms. The highest BCUT2D eigenvalue weighted by atomic mass is 35.5. The number of rotatable bonds is 1. The van der Waals surface area contributed by atoms with Gasteiger partial charge in [-0.05, 0) is 25.1 Å². The lowest BCUT2D eigenvalue weighted by molar-refractivity contribution is 0.631. The van der Waals surface area contributed by atoms with Crippen LogP contribution in [-0.4, -0.2) is 15.0 Å². The van der Waals surface area contributed by atoms with Crippen LogP contribution in [-0.2, 0) is 0 Å². The predicted molar refractivity (Wildman–Crippen MR) is 77.5 cm³/mol. The van der Waals surface area contributed by atoms with Gasteiger partial charge in [-0.2, -0.15) is 0 Å². The van der Waals surface area contributed by atoms with E-state index in [0.717, 1.165) is 5.69 Å². The van der Waals surface area contributed by atoms with Crippen molar-refractivity contribution in [3.05, 3.63) is 52.1 Å². The van der Waals surface area contributed by atoms with E-state index in [-0.39, 0.29) is 5.15 Å². The van der Waals surface area contributed by atoms with Gasteiger partial charge >= 0.3 is 0 Å². The summed E-state index contributed by atoms with van der Waals surface area (Å²) in [7, 11) is 0. The maximum atomic E-state index is 14.1. The van der Waals surface area contributed by atoms with Gasteiger partial charge in [-0.1, -0.05) is 23.2 Å². The van der Waals surface area contributed by atoms with E-state index in [4.69, 9.17) is 23.2 Å². The van der Waals surface area contributed by atoms with Crippen LogP contribution in [0.15, 0.2) is 30.5 Å². The number of halogens is 3. The topological polar surface area (TPSA) is 38.7 Å². The Morgan fingerprint density at radius 1 is 1.10 bits per heavy atom. The molecule has 2 aromatic heterocycles. The van der Waals surface area contributed by atoms with Crippen LogP contribution in [0.1, 0.15) is 5.69 Å². The zero-order chi connectivity index (χ0) is 14.3. The van der Waals surface area contributed by atoms with Gasteiger partial charge in [-0.15, -0.1) is 0 Å². The van der Waals surface area contributed by atoms with Crippen LogP contribution in [0.4, 0.5) is 4.39 Å². The molecular formula is C14H8Cl2FN3. The molecule has 0 aliphatic rings. The van der Waals surface area contributed by atoms with Crippen LogP contribution in [0.3, 0.4) is 0 Å². The second-order valence-electron chi connectivity index (χ2n) is 4.30. The molecule has 0 radical (unpaired) electrons. The summed E-state index contributed by atoms with van der Waals surface area (Å²) in [5.74, 6) is -0.475. The first-order chi connectivity index (χ1) is 9.54. The molecule has 100 valence electrons. The minimum Gasteiger partial charge on any atom is -0.253 e. The summed E-state index contributed by atoms with van der Waals surface area (Å²) in [6.45, 7) is 1.81. The number of pyridine rings is 1. The highest BCUT2D eigenvalue weighted by molar-refractivity contribution is 6.31. The molecule has 0 N–H and O–H groups in total. The molecule has 0 saturated carbocycles. The Hall–Kier alpha value is -1.78. The maximum absolute atomic E-state index is 14.1. The Bertz CT molecular complexity index is 821. The molecule has 3 rings (SSSR count). The van der Waals surface area contributed by atoms with Crippen molar-refractivity contribution in [1.29, 1.82) is 0 Å². The standard InChI is InChI=1S/C14H8Cl2FN3/c1-7-6-18-11-5-12(16)20-13(14(11)19-7)9-3-2-8(15)4-10(9)17/h2-6H,1H3. The lowest BCUT2D eigenvalue weighted by Crippen LogP contribution is -1.96. The van der Waals surface area contributed by atoms with E-state index in [1.54, 1.807) is 24.4 Å². The Kier molecular flexibility index (Phi) is 3.28. The molecule has 0 unspecified atom stereocenters. The molecule has 2 heterocycles. The highest BCUT2D eigenvalue weighted by Crippen LogP contribution is 2.30. The fraction of sp³-hybridized carbons (Fsp3) is 0.0714. The van der Waals surface area contributed by atoms with Crippen molar-refractivity contribution < 1.29 is 4.39 Å². The van der Waals surface area contributed by atoms with Gasteiger partial charge in [0, 0.05) is 22.8 Å². The van der Waals surface area contributed by atoms with Gasteiger partial charge in [0.25, 0.3) is 0 Å². The number of hydrogen-bond donors (Lipinski definition) is 0. The van der Waals surface area contributed by atoms with Crippen LogP contribution in [0.25, 0.3) is 22.3 Å². The SMILES string of the molecule is Cc1cnc2cc(Cl)nc(-c3ccc(Cl)cc3F)c2n1. The number of hydrogen-bond acceptors (Lipinski definition) is 3. The Balaban J connectivity index is 2.37. The first-order valence-electron chi connectivity index (χ1n) is 5.80. The van der Waals surface area contributed by atoms with Gasteiger partial charge in [0.15, 0.2) is 0 Å². The van der Waals surface area contributed by atoms with Crippen LogP contribution < -0.4 is 0 Å². The van der Waals surface area contributed by atoms with Gasteiger partial charge in [-0.3, -0.25) is 4.98 Å². The van der Waals surface area contributed by atoms with E-state index >= 15 is 0 Å². The average Bonchev–Trinajstić information content (AvgIpc) is 2.39. The summed E-state index contributed by atoms with van der Waals surface area (Å²) in [5.41, 5.74) is 2.45. The summed E-state index contributed by atoms with van der Waals surface area (Å²) in [6, 6.07) is 5.98. The van der Waals surface area contributed by atoms with Crippen LogP contribution in [0, 0.1) is 12.7 Å². The van der Waals surface area contributed by atoms with Crippen LogP contribution >= 0.6 is 23.2 Å². The lowest BCUT2D eigenvalue weighted by Gasteiger charge is -2.07. The number of fused-ring (bicyclic) bond motifs is 1. The molecule has 6 heteroatoms. The van der Waals surface area contributed by atoms with Crippen molar-refractivity contribution in [2.24, 2.45) is 0 Å². The minimum atomic E-state index is -0.475. The minimum absolute atomic E-state index is 0.236. The molecule has 0 fully saturated rings. The number of benzene rings is 1. The predicted octanol–water partition coefficient (Wildman–Crippen LogP) is 4.45. The quantitative estimate of drug-likeness (QED) is 0.624. The van der Waals surface area contributed by atoms with Crippen LogP contribution in [0.2, 0.25) is 10.2 Å². The van der Waals surface area contributed by atoms with E-state index in [1.165, 1.54) is 6.07 Å². The fourth-order valence-corrected chi connectivity index (χ4v) is 2.29. The average molecular weight is 308 g/mol. The van der Waals surface area contributed by atoms with Gasteiger partial charge in [0.2, 0.25) is 0 Å². The molecule has 1 aromatic carbocycles. The van der Waals surface area contributed by atoms with Crippen LogP contribution in [0.5, 0.6) is 0 Å². The van der Waals surface area contributed by atoms with Gasteiger partial charge in [0.05, 0.1) is 11.2 Å². The molecule has 0 spiro atoms. The molecule has 0 saturated heterocycles. The molecule has 20 heavy (non-hydrogen) atoms. The van der Waals surface area contributed by atoms with Gasteiger partial charge < -0.3 is 0 Å². The van der Waals surface area contributed by atoms with Crippen molar-refractivity contribution in [3.8, 4) is 11.3 Å². The number of aromatic nitrogens is 3. The summed E-state index contributed by atoms with van der Waals surface area (Å²) in [4.78, 5) is 12.8. The van der Waals surface area contributed by atoms with Crippen molar-refractivity contribution in [1.82, 2.24) is 15.0 Å². The maximum Gasteiger partial charge on any atom is 0.134 e. The Morgan fingerprint density at radius 2 is 1.90 bits per heavy atom. The second-order valence-corrected chi connectivity index (χ2v) is 5.12. The molecule has 0 aliphatic heterocycles. The number of aryl methyl sites for hydroxylation is 1. The summed E-state index contributed by atoms with van der Waals surface area (Å²) >= 11 is 11.7. The first-order valence-corrected chi connectivity index (χ1v) is 6.55. The molecule has 3 aromatic rings. The van der Waals surface area contributed by atoms with E-state index < -0.39 is 5.82 Å². The fourth-order valence-electron chi connectivity index (χ4n) is 1.94. The largest absolute Gasteiger partial charge is 0.253 e. The molecule has 0 aliphatic carbocycles. The third kappa shape index (κ3) is 2.32. The van der Waals surface area contributed by atoms with E-state index in [2.05, 4.69) is 15.0 Å². The third-order valence-electron chi connectivity index (χ3n) is 2.81. The first kappa shape index (κ1) is 13.2. The summed E-state index contributed by atoms with van der Waals surface area (Å²) in [5, 5.41) is 0.555. The Labute approximate surface area is 124 Å². The normalized spacial score (nSPS) is 11.0. The van der Waals surface area contributed by atoms with Gasteiger partial charge in [-0.25, -0.2) is 14.4 Å². The van der Waals surface area contributed by atoms with E-state index in [1.807, 2.05) is 6.92 Å². The van der Waals surface area contributed by atoms with E-state index in [0.29, 0.717) is 27.3 Å². The molecule has 3 nitrogen and oxygen atoms in total. The van der Waals surface area contributed by atoms with Crippen molar-refractivity contribution >= 4 is 34.2 Å². The van der Waals surface area contributed by atoms with Gasteiger partial charge in [0.1, 0.15) is 22.2 Å². The van der Waals surface area contributed by atoms with Crippen molar-refractivity contribution in [3.63, 3.8) is 0 Å². The van der Waals surface area contributed by atoms with E-state index in [9.17, 15) is 4.39 Å². The molecular weight excluding hydrogens is 300 g/mol. The monoisotopic (exact) mass is 307 g/mol. The third-order valence-corrected chi connectivity index (χ3v) is 3.23. The highest BCUT2D eigenvalue weighted by Gasteiger charge is 2.14. The second kappa shape index (κ2) is 4.96. The van der Waals surface area contributed by atoms with Crippen molar-refractivity contribution in [2.45, 2.75) is 6.92 Å². The smallest absolute Gasteiger partial charge is 0.134 e. The Morgan fingerprint density at radius 3 is 2.65 bits per heavy atom. The summed E-state index contributed by atoms with van der Waals surface area (Å²) < 4.78 is 14.1. The summed E-state index contributed by atoms with van der Waals surface area (Å²) in [6.07, 6.45) is 1.63. The zero-order valence-corrected chi connectivity index (χ0v) is 11.9. The number of nitrogens with zero attached hydrogens (tertiary/aromatic N) is 3. The lowest BCUT2D eigenvalue weighted by atomic mass is 10.1. The zero-order valence-electron chi connectivity index (χ0n) is 10.4.